The molecule has 0 spiro atoms. The summed E-state index contributed by atoms with van der Waals surface area (Å²) in [5, 5.41) is 2.76. The largest absolute Gasteiger partial charge is 0.483 e. The number of nitrogen functional groups attached to an aromatic ring is 1. The van der Waals surface area contributed by atoms with Crippen molar-refractivity contribution in [2.75, 3.05) is 17.7 Å². The Labute approximate surface area is 126 Å². The molecule has 0 saturated heterocycles. The molecule has 0 bridgehead atoms. The molecule has 2 rings (SSSR count). The van der Waals surface area contributed by atoms with Crippen LogP contribution in [0.4, 0.5) is 11.4 Å². The quantitative estimate of drug-likeness (QED) is 0.842. The molecule has 0 atom stereocenters. The summed E-state index contributed by atoms with van der Waals surface area (Å²) in [6, 6.07) is 12.7. The number of halogens is 1. The number of hydrogen-bond donors (Lipinski definition) is 2. The monoisotopic (exact) mass is 334 g/mol. The van der Waals surface area contributed by atoms with E-state index in [9.17, 15) is 4.79 Å². The predicted molar refractivity (Wildman–Crippen MR) is 83.9 cm³/mol. The van der Waals surface area contributed by atoms with E-state index >= 15 is 0 Å². The van der Waals surface area contributed by atoms with Gasteiger partial charge in [-0.25, -0.2) is 0 Å². The fraction of sp³-hybridized carbons (Fsp3) is 0.133. The lowest BCUT2D eigenvalue weighted by Gasteiger charge is -2.10. The first-order valence-corrected chi connectivity index (χ1v) is 6.89. The minimum atomic E-state index is -0.214. The Morgan fingerprint density at radius 1 is 1.25 bits per heavy atom. The van der Waals surface area contributed by atoms with Gasteiger partial charge in [-0.3, -0.25) is 4.79 Å². The molecular formula is C15H15BrN2O2. The second-order valence-corrected chi connectivity index (χ2v) is 5.23. The van der Waals surface area contributed by atoms with E-state index in [1.54, 1.807) is 18.2 Å². The van der Waals surface area contributed by atoms with E-state index in [1.165, 1.54) is 0 Å². The maximum atomic E-state index is 11.8. The molecule has 0 aromatic heterocycles. The lowest BCUT2D eigenvalue weighted by Crippen LogP contribution is -2.20. The molecule has 4 nitrogen and oxygen atoms in total. The molecular weight excluding hydrogens is 320 g/mol. The first-order valence-electron chi connectivity index (χ1n) is 6.09. The van der Waals surface area contributed by atoms with E-state index in [-0.39, 0.29) is 12.5 Å². The van der Waals surface area contributed by atoms with Crippen molar-refractivity contribution in [2.24, 2.45) is 0 Å². The molecule has 0 radical (unpaired) electrons. The Balaban J connectivity index is 1.92. The molecule has 0 saturated carbocycles. The van der Waals surface area contributed by atoms with Gasteiger partial charge in [0, 0.05) is 21.4 Å². The average Bonchev–Trinajstić information content (AvgIpc) is 2.43. The Hall–Kier alpha value is -2.01. The molecule has 0 fully saturated rings. The summed E-state index contributed by atoms with van der Waals surface area (Å²) in [6.07, 6.45) is 0. The second kappa shape index (κ2) is 6.43. The van der Waals surface area contributed by atoms with Crippen LogP contribution in [0.3, 0.4) is 0 Å². The van der Waals surface area contributed by atoms with Crippen LogP contribution in [0.5, 0.6) is 5.75 Å². The molecule has 2 aromatic rings. The van der Waals surface area contributed by atoms with Gasteiger partial charge < -0.3 is 15.8 Å². The summed E-state index contributed by atoms with van der Waals surface area (Å²) in [4.78, 5) is 11.8. The molecule has 3 N–H and O–H groups in total. The first-order chi connectivity index (χ1) is 9.56. The summed E-state index contributed by atoms with van der Waals surface area (Å²) >= 11 is 3.34. The highest BCUT2D eigenvalue weighted by Gasteiger charge is 2.06. The third kappa shape index (κ3) is 3.74. The zero-order valence-electron chi connectivity index (χ0n) is 11.0. The number of rotatable bonds is 4. The number of ether oxygens (including phenoxy) is 1. The molecule has 2 aromatic carbocycles. The van der Waals surface area contributed by atoms with Crippen molar-refractivity contribution in [3.8, 4) is 5.75 Å². The first kappa shape index (κ1) is 14.4. The minimum Gasteiger partial charge on any atom is -0.483 e. The van der Waals surface area contributed by atoms with Crippen LogP contribution >= 0.6 is 15.9 Å². The van der Waals surface area contributed by atoms with Crippen molar-refractivity contribution in [3.63, 3.8) is 0 Å². The van der Waals surface area contributed by atoms with Gasteiger partial charge in [-0.1, -0.05) is 22.0 Å². The number of benzene rings is 2. The summed E-state index contributed by atoms with van der Waals surface area (Å²) in [5.74, 6) is 0.408. The van der Waals surface area contributed by atoms with Crippen molar-refractivity contribution in [3.05, 3.63) is 52.5 Å². The average molecular weight is 335 g/mol. The van der Waals surface area contributed by atoms with Crippen molar-refractivity contribution in [1.82, 2.24) is 0 Å². The van der Waals surface area contributed by atoms with Crippen LogP contribution in [0.2, 0.25) is 0 Å². The Bertz CT molecular complexity index is 612. The van der Waals surface area contributed by atoms with Gasteiger partial charge in [-0.2, -0.15) is 0 Å². The van der Waals surface area contributed by atoms with E-state index < -0.39 is 0 Å². The number of anilines is 2. The molecule has 0 aliphatic carbocycles. The van der Waals surface area contributed by atoms with Crippen molar-refractivity contribution >= 4 is 33.2 Å². The lowest BCUT2D eigenvalue weighted by atomic mass is 10.2. The molecule has 104 valence electrons. The number of carbonyl (C=O) groups is 1. The Morgan fingerprint density at radius 3 is 2.65 bits per heavy atom. The van der Waals surface area contributed by atoms with Gasteiger partial charge in [0.25, 0.3) is 5.91 Å². The number of amides is 1. The van der Waals surface area contributed by atoms with Crippen molar-refractivity contribution < 1.29 is 9.53 Å². The molecule has 20 heavy (non-hydrogen) atoms. The van der Waals surface area contributed by atoms with Gasteiger partial charge in [0.05, 0.1) is 0 Å². The zero-order chi connectivity index (χ0) is 14.5. The summed E-state index contributed by atoms with van der Waals surface area (Å²) in [5.41, 5.74) is 7.99. The van der Waals surface area contributed by atoms with Gasteiger partial charge in [-0.15, -0.1) is 0 Å². The van der Waals surface area contributed by atoms with Crippen molar-refractivity contribution in [2.45, 2.75) is 6.92 Å². The van der Waals surface area contributed by atoms with Crippen LogP contribution in [0.25, 0.3) is 0 Å². The van der Waals surface area contributed by atoms with Crippen LogP contribution in [0, 0.1) is 6.92 Å². The van der Waals surface area contributed by atoms with Crippen LogP contribution in [0.1, 0.15) is 5.56 Å². The molecule has 0 aliphatic rings. The summed E-state index contributed by atoms with van der Waals surface area (Å²) in [6.45, 7) is 1.80. The van der Waals surface area contributed by atoms with Gasteiger partial charge in [0.15, 0.2) is 6.61 Å². The molecule has 0 aliphatic heterocycles. The van der Waals surface area contributed by atoms with E-state index in [2.05, 4.69) is 21.2 Å². The van der Waals surface area contributed by atoms with Gasteiger partial charge in [0.2, 0.25) is 0 Å². The molecule has 0 unspecified atom stereocenters. The van der Waals surface area contributed by atoms with Gasteiger partial charge in [-0.05, 0) is 43.3 Å². The normalized spacial score (nSPS) is 10.1. The van der Waals surface area contributed by atoms with Gasteiger partial charge >= 0.3 is 0 Å². The highest BCUT2D eigenvalue weighted by Crippen LogP contribution is 2.22. The van der Waals surface area contributed by atoms with Gasteiger partial charge in [0.1, 0.15) is 5.75 Å². The number of nitrogens with one attached hydrogen (secondary N) is 1. The second-order valence-electron chi connectivity index (χ2n) is 4.31. The molecule has 1 amide bonds. The van der Waals surface area contributed by atoms with Crippen LogP contribution in [-0.2, 0) is 4.79 Å². The Kier molecular flexibility index (Phi) is 4.63. The SMILES string of the molecule is Cc1c(N)cccc1OCC(=O)Nc1ccc(Br)cc1. The van der Waals surface area contributed by atoms with E-state index in [1.807, 2.05) is 31.2 Å². The zero-order valence-corrected chi connectivity index (χ0v) is 12.6. The highest BCUT2D eigenvalue weighted by atomic mass is 79.9. The lowest BCUT2D eigenvalue weighted by molar-refractivity contribution is -0.118. The van der Waals surface area contributed by atoms with Crippen molar-refractivity contribution in [1.29, 1.82) is 0 Å². The Morgan fingerprint density at radius 2 is 1.95 bits per heavy atom. The number of carbonyl (C=O) groups excluding carboxylic acids is 1. The fourth-order valence-electron chi connectivity index (χ4n) is 1.66. The highest BCUT2D eigenvalue weighted by molar-refractivity contribution is 9.10. The van der Waals surface area contributed by atoms with E-state index in [0.717, 1.165) is 15.7 Å². The number of nitrogens with two attached hydrogens (primary N) is 1. The standard InChI is InChI=1S/C15H15BrN2O2/c1-10-13(17)3-2-4-14(10)20-9-15(19)18-12-7-5-11(16)6-8-12/h2-8H,9,17H2,1H3,(H,18,19). The van der Waals surface area contributed by atoms with Crippen LogP contribution in [0.15, 0.2) is 46.9 Å². The third-order valence-corrected chi connectivity index (χ3v) is 3.34. The predicted octanol–water partition coefficient (Wildman–Crippen LogP) is 3.36. The van der Waals surface area contributed by atoms with Crippen LogP contribution in [-0.4, -0.2) is 12.5 Å². The van der Waals surface area contributed by atoms with E-state index in [4.69, 9.17) is 10.5 Å². The smallest absolute Gasteiger partial charge is 0.262 e. The van der Waals surface area contributed by atoms with E-state index in [0.29, 0.717) is 11.4 Å². The topological polar surface area (TPSA) is 64.3 Å². The van der Waals surface area contributed by atoms with Crippen LogP contribution < -0.4 is 15.8 Å². The summed E-state index contributed by atoms with van der Waals surface area (Å²) < 4.78 is 6.43. The maximum absolute atomic E-state index is 11.8. The molecule has 5 heteroatoms. The number of hydrogen-bond acceptors (Lipinski definition) is 3. The maximum Gasteiger partial charge on any atom is 0.262 e. The fourth-order valence-corrected chi connectivity index (χ4v) is 1.93. The molecule has 0 heterocycles. The summed E-state index contributed by atoms with van der Waals surface area (Å²) in [7, 11) is 0. The minimum absolute atomic E-state index is 0.0552. The third-order valence-electron chi connectivity index (χ3n) is 2.81.